The topological polar surface area (TPSA) is 103 Å². The van der Waals surface area contributed by atoms with E-state index in [0.29, 0.717) is 17.7 Å². The zero-order valence-corrected chi connectivity index (χ0v) is 16.5. The number of aromatic nitrogens is 2. The van der Waals surface area contributed by atoms with E-state index in [0.717, 1.165) is 28.1 Å². The Kier molecular flexibility index (Phi) is 5.47. The summed E-state index contributed by atoms with van der Waals surface area (Å²) < 4.78 is 2.05. The van der Waals surface area contributed by atoms with Gasteiger partial charge in [0.05, 0.1) is 22.8 Å². The number of carboxylic acids is 1. The van der Waals surface area contributed by atoms with Crippen LogP contribution in [0.5, 0.6) is 0 Å². The first-order chi connectivity index (χ1) is 13.9. The van der Waals surface area contributed by atoms with Crippen molar-refractivity contribution in [3.63, 3.8) is 0 Å². The van der Waals surface area contributed by atoms with Crippen LogP contribution in [0.1, 0.15) is 58.2 Å². The number of rotatable bonds is 5. The minimum absolute atomic E-state index is 0.0890. The molecule has 0 spiro atoms. The third kappa shape index (κ3) is 3.74. The van der Waals surface area contributed by atoms with Gasteiger partial charge in [0.2, 0.25) is 0 Å². The minimum Gasteiger partial charge on any atom is -0.478 e. The average Bonchev–Trinajstić information content (AvgIpc) is 3.00. The number of aromatic carboxylic acids is 1. The Balaban J connectivity index is 2.18. The highest BCUT2D eigenvalue weighted by Crippen LogP contribution is 2.36. The second-order valence-electron chi connectivity index (χ2n) is 7.15. The monoisotopic (exact) mass is 384 g/mol. The van der Waals surface area contributed by atoms with Crippen LogP contribution in [0.3, 0.4) is 0 Å². The Morgan fingerprint density at radius 2 is 1.86 bits per heavy atom. The van der Waals surface area contributed by atoms with Gasteiger partial charge in [-0.25, -0.2) is 4.79 Å². The van der Waals surface area contributed by atoms with Crippen LogP contribution >= 0.6 is 0 Å². The molecule has 0 saturated carbocycles. The zero-order valence-electron chi connectivity index (χ0n) is 16.5. The van der Waals surface area contributed by atoms with E-state index in [4.69, 9.17) is 5.26 Å². The molecule has 0 radical (unpaired) electrons. The van der Waals surface area contributed by atoms with Crippen LogP contribution in [0.4, 0.5) is 0 Å². The third-order valence-electron chi connectivity index (χ3n) is 4.91. The molecule has 1 aromatic carbocycles. The van der Waals surface area contributed by atoms with Crippen molar-refractivity contribution in [3.05, 3.63) is 76.4 Å². The summed E-state index contributed by atoms with van der Waals surface area (Å²) in [4.78, 5) is 15.3. The molecule has 0 bridgehead atoms. The van der Waals surface area contributed by atoms with Gasteiger partial charge in [-0.3, -0.25) is 4.98 Å². The molecule has 0 saturated heterocycles. The van der Waals surface area contributed by atoms with E-state index in [1.807, 2.05) is 32.9 Å². The van der Waals surface area contributed by atoms with Crippen molar-refractivity contribution in [3.8, 4) is 23.3 Å². The summed E-state index contributed by atoms with van der Waals surface area (Å²) in [5.41, 5.74) is 5.56. The molecular formula is C23H20N4O2. The van der Waals surface area contributed by atoms with Crippen LogP contribution in [0.2, 0.25) is 0 Å². The molecule has 3 aromatic rings. The van der Waals surface area contributed by atoms with Gasteiger partial charge < -0.3 is 9.67 Å². The first-order valence-corrected chi connectivity index (χ1v) is 9.18. The second kappa shape index (κ2) is 8.00. The van der Waals surface area contributed by atoms with Crippen LogP contribution in [-0.4, -0.2) is 20.6 Å². The predicted molar refractivity (Wildman–Crippen MR) is 108 cm³/mol. The number of hydrogen-bond donors (Lipinski definition) is 1. The van der Waals surface area contributed by atoms with Crippen molar-refractivity contribution in [2.75, 3.05) is 0 Å². The highest BCUT2D eigenvalue weighted by atomic mass is 16.4. The fourth-order valence-corrected chi connectivity index (χ4v) is 3.62. The number of nitrogens with zero attached hydrogens (tertiary/aromatic N) is 4. The molecule has 2 heterocycles. The quantitative estimate of drug-likeness (QED) is 0.699. The normalized spacial score (nSPS) is 10.6. The van der Waals surface area contributed by atoms with Crippen molar-refractivity contribution >= 4 is 5.97 Å². The molecular weight excluding hydrogens is 364 g/mol. The molecule has 0 amide bonds. The standard InChI is InChI=1S/C23H20N4O2/c1-14(2)22-20(10-25)21(18-6-4-16(9-24)5-7-18)15(3)27(22)13-17-8-19(23(28)29)12-26-11-17/h4-8,11-12,14H,13H2,1-3H3,(H,28,29). The second-order valence-corrected chi connectivity index (χ2v) is 7.15. The van der Waals surface area contributed by atoms with Gasteiger partial charge in [-0.05, 0) is 42.2 Å². The molecule has 1 N–H and O–H groups in total. The van der Waals surface area contributed by atoms with E-state index in [9.17, 15) is 15.2 Å². The number of benzene rings is 1. The minimum atomic E-state index is -1.02. The highest BCUT2D eigenvalue weighted by molar-refractivity contribution is 5.87. The van der Waals surface area contributed by atoms with E-state index in [1.165, 1.54) is 6.20 Å². The number of pyridine rings is 1. The molecule has 0 aliphatic carbocycles. The van der Waals surface area contributed by atoms with E-state index in [-0.39, 0.29) is 11.5 Å². The lowest BCUT2D eigenvalue weighted by Gasteiger charge is -2.15. The first-order valence-electron chi connectivity index (χ1n) is 9.18. The summed E-state index contributed by atoms with van der Waals surface area (Å²) >= 11 is 0. The SMILES string of the molecule is Cc1c(-c2ccc(C#N)cc2)c(C#N)c(C(C)C)n1Cc1cncc(C(=O)O)c1. The summed E-state index contributed by atoms with van der Waals surface area (Å²) in [6.07, 6.45) is 2.96. The molecule has 0 fully saturated rings. The smallest absolute Gasteiger partial charge is 0.337 e. The van der Waals surface area contributed by atoms with Gasteiger partial charge in [0.1, 0.15) is 6.07 Å². The fourth-order valence-electron chi connectivity index (χ4n) is 3.62. The molecule has 3 rings (SSSR count). The van der Waals surface area contributed by atoms with Crippen molar-refractivity contribution < 1.29 is 9.90 Å². The Hall–Kier alpha value is -3.90. The molecule has 29 heavy (non-hydrogen) atoms. The maximum absolute atomic E-state index is 11.3. The van der Waals surface area contributed by atoms with Gasteiger partial charge in [0.25, 0.3) is 0 Å². The lowest BCUT2D eigenvalue weighted by Crippen LogP contribution is -2.09. The van der Waals surface area contributed by atoms with Gasteiger partial charge in [-0.1, -0.05) is 26.0 Å². The van der Waals surface area contributed by atoms with E-state index < -0.39 is 5.97 Å². The Morgan fingerprint density at radius 3 is 2.41 bits per heavy atom. The van der Waals surface area contributed by atoms with Gasteiger partial charge in [0.15, 0.2) is 0 Å². The number of carboxylic acid groups (broad SMARTS) is 1. The van der Waals surface area contributed by atoms with Gasteiger partial charge >= 0.3 is 5.97 Å². The predicted octanol–water partition coefficient (Wildman–Crippen LogP) is 4.47. The largest absolute Gasteiger partial charge is 0.478 e. The van der Waals surface area contributed by atoms with Crippen molar-refractivity contribution in [1.82, 2.24) is 9.55 Å². The highest BCUT2D eigenvalue weighted by Gasteiger charge is 2.23. The van der Waals surface area contributed by atoms with Crippen molar-refractivity contribution in [2.45, 2.75) is 33.2 Å². The zero-order chi connectivity index (χ0) is 21.1. The van der Waals surface area contributed by atoms with Crippen molar-refractivity contribution in [2.24, 2.45) is 0 Å². The van der Waals surface area contributed by atoms with Crippen LogP contribution in [0.15, 0.2) is 42.7 Å². The lowest BCUT2D eigenvalue weighted by atomic mass is 9.97. The molecule has 0 unspecified atom stereocenters. The van der Waals surface area contributed by atoms with Crippen LogP contribution < -0.4 is 0 Å². The van der Waals surface area contributed by atoms with Gasteiger partial charge in [-0.2, -0.15) is 10.5 Å². The molecule has 6 heteroatoms. The van der Waals surface area contributed by atoms with E-state index in [2.05, 4.69) is 21.7 Å². The first kappa shape index (κ1) is 19.9. The summed E-state index contributed by atoms with van der Waals surface area (Å²) in [5, 5.41) is 28.2. The summed E-state index contributed by atoms with van der Waals surface area (Å²) in [6.45, 7) is 6.42. The molecule has 144 valence electrons. The lowest BCUT2D eigenvalue weighted by molar-refractivity contribution is 0.0696. The van der Waals surface area contributed by atoms with E-state index in [1.54, 1.807) is 24.4 Å². The molecule has 0 aliphatic heterocycles. The average molecular weight is 384 g/mol. The molecule has 0 atom stereocenters. The van der Waals surface area contributed by atoms with Crippen molar-refractivity contribution in [1.29, 1.82) is 10.5 Å². The third-order valence-corrected chi connectivity index (χ3v) is 4.91. The summed E-state index contributed by atoms with van der Waals surface area (Å²) in [6, 6.07) is 13.2. The maximum atomic E-state index is 11.3. The molecule has 6 nitrogen and oxygen atoms in total. The number of hydrogen-bond acceptors (Lipinski definition) is 4. The summed E-state index contributed by atoms with van der Waals surface area (Å²) in [7, 11) is 0. The van der Waals surface area contributed by atoms with Crippen LogP contribution in [0, 0.1) is 29.6 Å². The Morgan fingerprint density at radius 1 is 1.17 bits per heavy atom. The Labute approximate surface area is 169 Å². The fraction of sp³-hybridized carbons (Fsp3) is 0.217. The summed E-state index contributed by atoms with van der Waals surface area (Å²) in [5.74, 6) is -0.935. The van der Waals surface area contributed by atoms with Crippen LogP contribution in [0.25, 0.3) is 11.1 Å². The Bertz CT molecular complexity index is 1160. The maximum Gasteiger partial charge on any atom is 0.337 e. The number of carbonyl (C=O) groups is 1. The van der Waals surface area contributed by atoms with E-state index >= 15 is 0 Å². The number of nitriles is 2. The molecule has 0 aliphatic rings. The molecule has 2 aromatic heterocycles. The van der Waals surface area contributed by atoms with Gasteiger partial charge in [0, 0.05) is 35.9 Å². The van der Waals surface area contributed by atoms with Gasteiger partial charge in [-0.15, -0.1) is 0 Å². The van der Waals surface area contributed by atoms with Crippen LogP contribution in [-0.2, 0) is 6.54 Å².